The Morgan fingerprint density at radius 2 is 1.82 bits per heavy atom. The van der Waals surface area contributed by atoms with Crippen LogP contribution in [0.2, 0.25) is 0 Å². The zero-order chi connectivity index (χ0) is 24.3. The second kappa shape index (κ2) is 9.36. The Kier molecular flexibility index (Phi) is 6.33. The van der Waals surface area contributed by atoms with Crippen LogP contribution in [-0.2, 0) is 10.3 Å². The molecule has 1 aliphatic heterocycles. The third-order valence-corrected chi connectivity index (χ3v) is 6.12. The fourth-order valence-corrected chi connectivity index (χ4v) is 3.97. The van der Waals surface area contributed by atoms with E-state index < -0.39 is 23.4 Å². The number of esters is 1. The Morgan fingerprint density at radius 1 is 1.06 bits per heavy atom. The van der Waals surface area contributed by atoms with Crippen LogP contribution in [0.15, 0.2) is 65.1 Å². The average Bonchev–Trinajstić information content (AvgIpc) is 3.46. The lowest BCUT2D eigenvalue weighted by Gasteiger charge is -2.21. The van der Waals surface area contributed by atoms with E-state index in [-0.39, 0.29) is 5.75 Å². The molecule has 2 aromatic carbocycles. The third kappa shape index (κ3) is 4.35. The van der Waals surface area contributed by atoms with Crippen molar-refractivity contribution in [2.24, 2.45) is 5.10 Å². The minimum Gasteiger partial charge on any atom is -0.497 e. The summed E-state index contributed by atoms with van der Waals surface area (Å²) in [6.45, 7) is 1.62. The minimum absolute atomic E-state index is 0.236. The molecule has 1 atom stereocenters. The average molecular weight is 480 g/mol. The standard InChI is InChI=1S/C24H21N3O6S/c1-24(16-7-9-17(31-2)10-8-16)22(29)27(23(30)26-24)25-14-15-6-11-18(19(13-15)32-3)33-21(28)20-5-4-12-34-20/h4-14H,1-3H3,(H,26,30)/b25-14+. The van der Waals surface area contributed by atoms with Crippen LogP contribution in [0.1, 0.15) is 27.7 Å². The Morgan fingerprint density at radius 3 is 2.47 bits per heavy atom. The molecular weight excluding hydrogens is 458 g/mol. The van der Waals surface area contributed by atoms with Crippen LogP contribution in [-0.4, -0.2) is 43.4 Å². The van der Waals surface area contributed by atoms with Gasteiger partial charge in [-0.05, 0) is 59.8 Å². The number of nitrogens with zero attached hydrogens (tertiary/aromatic N) is 2. The highest BCUT2D eigenvalue weighted by molar-refractivity contribution is 7.12. The van der Waals surface area contributed by atoms with Crippen LogP contribution in [0.25, 0.3) is 0 Å². The number of amides is 3. The molecule has 3 amide bonds. The maximum Gasteiger partial charge on any atom is 0.353 e. The van der Waals surface area contributed by atoms with Crippen molar-refractivity contribution in [2.45, 2.75) is 12.5 Å². The molecule has 1 N–H and O–H groups in total. The number of carbonyl (C=O) groups excluding carboxylic acids is 3. The number of hydrazone groups is 1. The monoisotopic (exact) mass is 479 g/mol. The highest BCUT2D eigenvalue weighted by Crippen LogP contribution is 2.31. The van der Waals surface area contributed by atoms with Gasteiger partial charge >= 0.3 is 12.0 Å². The Hall–Kier alpha value is -4.18. The van der Waals surface area contributed by atoms with Crippen molar-refractivity contribution in [3.63, 3.8) is 0 Å². The van der Waals surface area contributed by atoms with Crippen molar-refractivity contribution in [1.29, 1.82) is 0 Å². The van der Waals surface area contributed by atoms with Gasteiger partial charge in [-0.1, -0.05) is 18.2 Å². The van der Waals surface area contributed by atoms with Crippen LogP contribution in [0.3, 0.4) is 0 Å². The molecule has 1 fully saturated rings. The number of hydrogen-bond donors (Lipinski definition) is 1. The number of imide groups is 1. The maximum absolute atomic E-state index is 13.0. The van der Waals surface area contributed by atoms with Gasteiger partial charge in [-0.25, -0.2) is 9.59 Å². The molecule has 9 nitrogen and oxygen atoms in total. The van der Waals surface area contributed by atoms with E-state index in [9.17, 15) is 14.4 Å². The number of rotatable bonds is 7. The van der Waals surface area contributed by atoms with Crippen molar-refractivity contribution in [2.75, 3.05) is 14.2 Å². The topological polar surface area (TPSA) is 107 Å². The fraction of sp³-hybridized carbons (Fsp3) is 0.167. The zero-order valence-electron chi connectivity index (χ0n) is 18.6. The maximum atomic E-state index is 13.0. The molecule has 4 rings (SSSR count). The van der Waals surface area contributed by atoms with E-state index in [2.05, 4.69) is 10.4 Å². The molecule has 0 saturated carbocycles. The van der Waals surface area contributed by atoms with Crippen LogP contribution in [0.4, 0.5) is 4.79 Å². The summed E-state index contributed by atoms with van der Waals surface area (Å²) in [6, 6.07) is 14.4. The summed E-state index contributed by atoms with van der Waals surface area (Å²) in [5.74, 6) is 0.158. The first-order chi connectivity index (χ1) is 16.4. The van der Waals surface area contributed by atoms with Gasteiger partial charge in [0.25, 0.3) is 5.91 Å². The Labute approximate surface area is 199 Å². The lowest BCUT2D eigenvalue weighted by molar-refractivity contribution is -0.131. The van der Waals surface area contributed by atoms with Crippen molar-refractivity contribution >= 4 is 35.5 Å². The first-order valence-electron chi connectivity index (χ1n) is 10.1. The summed E-state index contributed by atoms with van der Waals surface area (Å²) >= 11 is 1.27. The highest BCUT2D eigenvalue weighted by Gasteiger charge is 2.49. The summed E-state index contributed by atoms with van der Waals surface area (Å²) in [6.07, 6.45) is 1.35. The molecule has 1 saturated heterocycles. The summed E-state index contributed by atoms with van der Waals surface area (Å²) in [5.41, 5.74) is -0.132. The SMILES string of the molecule is COc1ccc(C2(C)NC(=O)N(/N=C/c3ccc(OC(=O)c4cccs4)c(OC)c3)C2=O)cc1. The van der Waals surface area contributed by atoms with Gasteiger partial charge in [0.15, 0.2) is 11.5 Å². The normalized spacial score (nSPS) is 17.7. The molecular formula is C24H21N3O6S. The van der Waals surface area contributed by atoms with E-state index in [1.807, 2.05) is 0 Å². The van der Waals surface area contributed by atoms with Crippen molar-refractivity contribution in [3.8, 4) is 17.2 Å². The van der Waals surface area contributed by atoms with E-state index in [1.54, 1.807) is 74.0 Å². The third-order valence-electron chi connectivity index (χ3n) is 5.27. The molecule has 0 spiro atoms. The molecule has 1 aromatic heterocycles. The number of thiophene rings is 1. The summed E-state index contributed by atoms with van der Waals surface area (Å²) in [5, 5.41) is 9.33. The van der Waals surface area contributed by atoms with Crippen LogP contribution >= 0.6 is 11.3 Å². The van der Waals surface area contributed by atoms with Gasteiger partial charge in [0.05, 0.1) is 20.4 Å². The minimum atomic E-state index is -1.27. The molecule has 3 aromatic rings. The van der Waals surface area contributed by atoms with Crippen molar-refractivity contribution in [1.82, 2.24) is 10.3 Å². The van der Waals surface area contributed by atoms with Gasteiger partial charge in [-0.2, -0.15) is 5.10 Å². The van der Waals surface area contributed by atoms with Gasteiger partial charge in [0.2, 0.25) is 0 Å². The number of carbonyl (C=O) groups is 3. The lowest BCUT2D eigenvalue weighted by atomic mass is 9.92. The molecule has 2 heterocycles. The van der Waals surface area contributed by atoms with Crippen LogP contribution < -0.4 is 19.5 Å². The molecule has 0 aliphatic carbocycles. The lowest BCUT2D eigenvalue weighted by Crippen LogP contribution is -2.40. The van der Waals surface area contributed by atoms with E-state index in [0.717, 1.165) is 5.01 Å². The molecule has 174 valence electrons. The summed E-state index contributed by atoms with van der Waals surface area (Å²) < 4.78 is 15.9. The van der Waals surface area contributed by atoms with Gasteiger partial charge < -0.3 is 19.5 Å². The van der Waals surface area contributed by atoms with Crippen molar-refractivity contribution in [3.05, 3.63) is 76.0 Å². The van der Waals surface area contributed by atoms with Crippen LogP contribution in [0.5, 0.6) is 17.2 Å². The van der Waals surface area contributed by atoms with Crippen molar-refractivity contribution < 1.29 is 28.6 Å². The molecule has 1 unspecified atom stereocenters. The number of methoxy groups -OCH3 is 2. The predicted octanol–water partition coefficient (Wildman–Crippen LogP) is 3.79. The summed E-state index contributed by atoms with van der Waals surface area (Å²) in [7, 11) is 2.99. The highest BCUT2D eigenvalue weighted by atomic mass is 32.1. The van der Waals surface area contributed by atoms with Gasteiger partial charge in [0.1, 0.15) is 16.2 Å². The van der Waals surface area contributed by atoms with Crippen LogP contribution in [0, 0.1) is 0 Å². The molecule has 10 heteroatoms. The Bertz CT molecular complexity index is 1260. The fourth-order valence-electron chi connectivity index (χ4n) is 3.37. The second-order valence-electron chi connectivity index (χ2n) is 7.42. The molecule has 34 heavy (non-hydrogen) atoms. The van der Waals surface area contributed by atoms with E-state index in [0.29, 0.717) is 27.5 Å². The quantitative estimate of drug-likeness (QED) is 0.239. The van der Waals surface area contributed by atoms with E-state index in [4.69, 9.17) is 14.2 Å². The van der Waals surface area contributed by atoms with E-state index in [1.165, 1.54) is 24.7 Å². The van der Waals surface area contributed by atoms with Gasteiger partial charge in [-0.3, -0.25) is 4.79 Å². The second-order valence-corrected chi connectivity index (χ2v) is 8.37. The Balaban J connectivity index is 1.51. The van der Waals surface area contributed by atoms with Gasteiger partial charge in [-0.15, -0.1) is 16.3 Å². The smallest absolute Gasteiger partial charge is 0.353 e. The number of ether oxygens (including phenoxy) is 3. The number of urea groups is 1. The molecule has 0 bridgehead atoms. The molecule has 0 radical (unpaired) electrons. The zero-order valence-corrected chi connectivity index (χ0v) is 19.4. The van der Waals surface area contributed by atoms with E-state index >= 15 is 0 Å². The number of nitrogens with one attached hydrogen (secondary N) is 1. The summed E-state index contributed by atoms with van der Waals surface area (Å²) in [4.78, 5) is 38.2. The predicted molar refractivity (Wildman–Crippen MR) is 126 cm³/mol. The first-order valence-corrected chi connectivity index (χ1v) is 11.0. The largest absolute Gasteiger partial charge is 0.497 e. The van der Waals surface area contributed by atoms with Gasteiger partial charge in [0, 0.05) is 0 Å². The number of hydrogen-bond acceptors (Lipinski definition) is 8. The first kappa shape index (κ1) is 23.0. The molecule has 1 aliphatic rings. The number of benzene rings is 2.